The SMILES string of the molecule is CCc1nn(C)c(OC2CCCNC2)c1[N+](=O)[O-]. The molecule has 0 amide bonds. The third kappa shape index (κ3) is 2.45. The first kappa shape index (κ1) is 12.8. The minimum absolute atomic E-state index is 0.00516. The molecule has 1 aromatic heterocycles. The van der Waals surface area contributed by atoms with Crippen molar-refractivity contribution in [2.45, 2.75) is 32.3 Å². The summed E-state index contributed by atoms with van der Waals surface area (Å²) < 4.78 is 7.22. The Balaban J connectivity index is 2.25. The standard InChI is InChI=1S/C11H18N4O3/c1-3-9-10(15(16)17)11(14(2)13-9)18-8-5-4-6-12-7-8/h8,12H,3-7H2,1-2H3. The molecule has 7 nitrogen and oxygen atoms in total. The number of piperidine rings is 1. The molecule has 0 aromatic carbocycles. The van der Waals surface area contributed by atoms with Crippen LogP contribution in [0.25, 0.3) is 0 Å². The van der Waals surface area contributed by atoms with Crippen molar-refractivity contribution in [2.24, 2.45) is 7.05 Å². The molecule has 1 saturated heterocycles. The summed E-state index contributed by atoms with van der Waals surface area (Å²) >= 11 is 0. The Hall–Kier alpha value is -1.63. The maximum absolute atomic E-state index is 11.1. The second kappa shape index (κ2) is 5.34. The van der Waals surface area contributed by atoms with E-state index in [2.05, 4.69) is 10.4 Å². The lowest BCUT2D eigenvalue weighted by Gasteiger charge is -2.23. The average Bonchev–Trinajstić information content (AvgIpc) is 2.67. The normalized spacial score (nSPS) is 19.8. The number of rotatable bonds is 4. The number of aromatic nitrogens is 2. The Morgan fingerprint density at radius 3 is 3.00 bits per heavy atom. The molecule has 0 radical (unpaired) electrons. The van der Waals surface area contributed by atoms with Crippen LogP contribution in [0.2, 0.25) is 0 Å². The van der Waals surface area contributed by atoms with Gasteiger partial charge in [0, 0.05) is 13.6 Å². The maximum Gasteiger partial charge on any atom is 0.353 e. The van der Waals surface area contributed by atoms with E-state index in [0.717, 1.165) is 25.9 Å². The summed E-state index contributed by atoms with van der Waals surface area (Å²) in [5, 5.41) is 18.5. The summed E-state index contributed by atoms with van der Waals surface area (Å²) in [6, 6.07) is 0. The molecule has 2 rings (SSSR count). The van der Waals surface area contributed by atoms with Crippen LogP contribution in [0.1, 0.15) is 25.5 Å². The minimum Gasteiger partial charge on any atom is -0.468 e. The second-order valence-corrected chi connectivity index (χ2v) is 4.42. The number of nitro groups is 1. The summed E-state index contributed by atoms with van der Waals surface area (Å²) in [6.07, 6.45) is 2.45. The first-order valence-electron chi connectivity index (χ1n) is 6.21. The molecule has 1 unspecified atom stereocenters. The Morgan fingerprint density at radius 2 is 2.44 bits per heavy atom. The summed E-state index contributed by atoms with van der Waals surface area (Å²) in [5.41, 5.74) is 0.479. The first-order valence-corrected chi connectivity index (χ1v) is 6.21. The Bertz CT molecular complexity index is 438. The molecule has 18 heavy (non-hydrogen) atoms. The summed E-state index contributed by atoms with van der Waals surface area (Å²) in [5.74, 6) is 0.269. The molecule has 7 heteroatoms. The zero-order chi connectivity index (χ0) is 13.1. The monoisotopic (exact) mass is 254 g/mol. The van der Waals surface area contributed by atoms with E-state index >= 15 is 0 Å². The van der Waals surface area contributed by atoms with Crippen molar-refractivity contribution in [1.82, 2.24) is 15.1 Å². The van der Waals surface area contributed by atoms with Gasteiger partial charge in [-0.25, -0.2) is 4.68 Å². The lowest BCUT2D eigenvalue weighted by Crippen LogP contribution is -2.37. The van der Waals surface area contributed by atoms with E-state index in [1.165, 1.54) is 4.68 Å². The van der Waals surface area contributed by atoms with Crippen molar-refractivity contribution in [1.29, 1.82) is 0 Å². The highest BCUT2D eigenvalue weighted by molar-refractivity contribution is 5.46. The molecule has 1 aliphatic heterocycles. The zero-order valence-corrected chi connectivity index (χ0v) is 10.7. The Labute approximate surface area is 105 Å². The van der Waals surface area contributed by atoms with Crippen LogP contribution in [-0.2, 0) is 13.5 Å². The number of ether oxygens (including phenoxy) is 1. The van der Waals surface area contributed by atoms with Crippen molar-refractivity contribution in [3.63, 3.8) is 0 Å². The van der Waals surface area contributed by atoms with Gasteiger partial charge >= 0.3 is 5.69 Å². The number of aryl methyl sites for hydroxylation is 2. The minimum atomic E-state index is -0.405. The molecule has 1 aromatic rings. The molecular formula is C11H18N4O3. The van der Waals surface area contributed by atoms with Crippen LogP contribution in [0.5, 0.6) is 5.88 Å². The van der Waals surface area contributed by atoms with Gasteiger partial charge in [-0.15, -0.1) is 0 Å². The molecule has 2 heterocycles. The van der Waals surface area contributed by atoms with E-state index in [1.807, 2.05) is 6.92 Å². The van der Waals surface area contributed by atoms with Gasteiger partial charge in [0.2, 0.25) is 0 Å². The fourth-order valence-electron chi connectivity index (χ4n) is 2.18. The van der Waals surface area contributed by atoms with Crippen molar-refractivity contribution in [3.05, 3.63) is 15.8 Å². The number of hydrogen-bond donors (Lipinski definition) is 1. The van der Waals surface area contributed by atoms with Crippen LogP contribution in [0.3, 0.4) is 0 Å². The van der Waals surface area contributed by atoms with E-state index < -0.39 is 4.92 Å². The van der Waals surface area contributed by atoms with E-state index in [-0.39, 0.29) is 17.7 Å². The fourth-order valence-corrected chi connectivity index (χ4v) is 2.18. The largest absolute Gasteiger partial charge is 0.468 e. The fraction of sp³-hybridized carbons (Fsp3) is 0.727. The van der Waals surface area contributed by atoms with Gasteiger partial charge in [-0.2, -0.15) is 5.10 Å². The highest BCUT2D eigenvalue weighted by Crippen LogP contribution is 2.31. The topological polar surface area (TPSA) is 82.2 Å². The quantitative estimate of drug-likeness (QED) is 0.640. The molecule has 0 bridgehead atoms. The van der Waals surface area contributed by atoms with Gasteiger partial charge < -0.3 is 10.1 Å². The van der Waals surface area contributed by atoms with Crippen LogP contribution >= 0.6 is 0 Å². The molecule has 100 valence electrons. The number of hydrogen-bond acceptors (Lipinski definition) is 5. The first-order chi connectivity index (χ1) is 8.63. The molecular weight excluding hydrogens is 236 g/mol. The van der Waals surface area contributed by atoms with Crippen molar-refractivity contribution >= 4 is 5.69 Å². The van der Waals surface area contributed by atoms with Crippen LogP contribution < -0.4 is 10.1 Å². The van der Waals surface area contributed by atoms with Gasteiger partial charge in [-0.05, 0) is 25.8 Å². The van der Waals surface area contributed by atoms with Gasteiger partial charge in [0.1, 0.15) is 11.8 Å². The number of nitrogens with zero attached hydrogens (tertiary/aromatic N) is 3. The molecule has 1 N–H and O–H groups in total. The van der Waals surface area contributed by atoms with Crippen molar-refractivity contribution in [2.75, 3.05) is 13.1 Å². The highest BCUT2D eigenvalue weighted by Gasteiger charge is 2.29. The second-order valence-electron chi connectivity index (χ2n) is 4.42. The zero-order valence-electron chi connectivity index (χ0n) is 10.7. The smallest absolute Gasteiger partial charge is 0.353 e. The third-order valence-corrected chi connectivity index (χ3v) is 3.09. The lowest BCUT2D eigenvalue weighted by atomic mass is 10.1. The van der Waals surface area contributed by atoms with E-state index in [0.29, 0.717) is 12.1 Å². The molecule has 0 saturated carbocycles. The predicted molar refractivity (Wildman–Crippen MR) is 65.8 cm³/mol. The van der Waals surface area contributed by atoms with Crippen LogP contribution in [0, 0.1) is 10.1 Å². The molecule has 1 atom stereocenters. The predicted octanol–water partition coefficient (Wildman–Crippen LogP) is 1.02. The summed E-state index contributed by atoms with van der Waals surface area (Å²) in [4.78, 5) is 10.7. The summed E-state index contributed by atoms with van der Waals surface area (Å²) in [7, 11) is 1.68. The van der Waals surface area contributed by atoms with Gasteiger partial charge in [0.15, 0.2) is 0 Å². The maximum atomic E-state index is 11.1. The van der Waals surface area contributed by atoms with Crippen LogP contribution in [0.15, 0.2) is 0 Å². The number of nitrogens with one attached hydrogen (secondary N) is 1. The van der Waals surface area contributed by atoms with Crippen LogP contribution in [0.4, 0.5) is 5.69 Å². The van der Waals surface area contributed by atoms with E-state index in [4.69, 9.17) is 4.74 Å². The van der Waals surface area contributed by atoms with Gasteiger partial charge in [0.05, 0.1) is 4.92 Å². The van der Waals surface area contributed by atoms with Crippen molar-refractivity contribution in [3.8, 4) is 5.88 Å². The molecule has 1 aliphatic rings. The van der Waals surface area contributed by atoms with Crippen molar-refractivity contribution < 1.29 is 9.66 Å². The van der Waals surface area contributed by atoms with E-state index in [1.54, 1.807) is 7.05 Å². The lowest BCUT2D eigenvalue weighted by molar-refractivity contribution is -0.386. The van der Waals surface area contributed by atoms with Crippen LogP contribution in [-0.4, -0.2) is 33.9 Å². The molecule has 1 fully saturated rings. The van der Waals surface area contributed by atoms with E-state index in [9.17, 15) is 10.1 Å². The molecule has 0 spiro atoms. The third-order valence-electron chi connectivity index (χ3n) is 3.09. The highest BCUT2D eigenvalue weighted by atomic mass is 16.6. The summed E-state index contributed by atoms with van der Waals surface area (Å²) in [6.45, 7) is 3.55. The van der Waals surface area contributed by atoms with Gasteiger partial charge in [0.25, 0.3) is 5.88 Å². The average molecular weight is 254 g/mol. The molecule has 0 aliphatic carbocycles. The Morgan fingerprint density at radius 1 is 1.67 bits per heavy atom. The van der Waals surface area contributed by atoms with Gasteiger partial charge in [-0.3, -0.25) is 10.1 Å². The Kier molecular flexibility index (Phi) is 3.81. The van der Waals surface area contributed by atoms with Gasteiger partial charge in [-0.1, -0.05) is 6.92 Å².